The molecule has 0 amide bonds. The van der Waals surface area contributed by atoms with Crippen LogP contribution in [-0.4, -0.2) is 16.1 Å². The second-order valence-corrected chi connectivity index (χ2v) is 5.78. The number of nitrogens with zero attached hydrogens (tertiary/aromatic N) is 2. The Morgan fingerprint density at radius 3 is 2.61 bits per heavy atom. The van der Waals surface area contributed by atoms with Gasteiger partial charge in [0.2, 0.25) is 5.88 Å². The topological polar surface area (TPSA) is 73.1 Å². The summed E-state index contributed by atoms with van der Waals surface area (Å²) in [4.78, 5) is 8.23. The highest BCUT2D eigenvalue weighted by atomic mass is 16.5. The molecule has 0 unspecified atom stereocenters. The molecule has 1 saturated carbocycles. The first-order valence-corrected chi connectivity index (χ1v) is 6.47. The number of hydrogen-bond acceptors (Lipinski definition) is 5. The first kappa shape index (κ1) is 13.1. The lowest BCUT2D eigenvalue weighted by Crippen LogP contribution is -2.29. The molecule has 0 spiro atoms. The van der Waals surface area contributed by atoms with Crippen LogP contribution in [0.25, 0.3) is 0 Å². The number of nitrogens with two attached hydrogens (primary N) is 1. The number of hydrazine groups is 1. The summed E-state index contributed by atoms with van der Waals surface area (Å²) in [7, 11) is 0. The first-order chi connectivity index (χ1) is 8.52. The van der Waals surface area contributed by atoms with E-state index in [0.717, 1.165) is 18.4 Å². The van der Waals surface area contributed by atoms with E-state index in [-0.39, 0.29) is 6.10 Å². The van der Waals surface area contributed by atoms with Crippen molar-refractivity contribution in [2.45, 2.75) is 52.6 Å². The van der Waals surface area contributed by atoms with Crippen LogP contribution < -0.4 is 16.0 Å². The molecule has 100 valence electrons. The monoisotopic (exact) mass is 250 g/mol. The second-order valence-electron chi connectivity index (χ2n) is 5.78. The van der Waals surface area contributed by atoms with E-state index >= 15 is 0 Å². The Balaban J connectivity index is 2.02. The standard InChI is InChI=1S/C13H22N4O/c1-9-11(17-14)15-8-16-12(9)18-10-4-6-13(2,3)7-5-10/h8,10H,4-7,14H2,1-3H3,(H,15,16,17). The summed E-state index contributed by atoms with van der Waals surface area (Å²) in [5.41, 5.74) is 3.87. The van der Waals surface area contributed by atoms with Gasteiger partial charge in [-0.1, -0.05) is 13.8 Å². The van der Waals surface area contributed by atoms with Gasteiger partial charge < -0.3 is 10.2 Å². The van der Waals surface area contributed by atoms with Gasteiger partial charge in [-0.15, -0.1) is 0 Å². The number of rotatable bonds is 3. The molecule has 0 saturated heterocycles. The minimum atomic E-state index is 0.261. The Hall–Kier alpha value is -1.36. The molecule has 1 heterocycles. The molecule has 0 aliphatic heterocycles. The number of hydrogen-bond donors (Lipinski definition) is 2. The molecule has 0 aromatic carbocycles. The average molecular weight is 250 g/mol. The van der Waals surface area contributed by atoms with Gasteiger partial charge in [0, 0.05) is 0 Å². The van der Waals surface area contributed by atoms with E-state index in [2.05, 4.69) is 29.2 Å². The zero-order valence-corrected chi connectivity index (χ0v) is 11.4. The predicted octanol–water partition coefficient (Wildman–Crippen LogP) is 2.42. The minimum Gasteiger partial charge on any atom is -0.474 e. The maximum atomic E-state index is 5.98. The Bertz CT molecular complexity index is 409. The molecule has 1 fully saturated rings. The van der Waals surface area contributed by atoms with Crippen LogP contribution in [-0.2, 0) is 0 Å². The quantitative estimate of drug-likeness (QED) is 0.636. The summed E-state index contributed by atoms with van der Waals surface area (Å²) >= 11 is 0. The van der Waals surface area contributed by atoms with Gasteiger partial charge in [-0.05, 0) is 38.0 Å². The van der Waals surface area contributed by atoms with E-state index in [1.54, 1.807) is 0 Å². The lowest BCUT2D eigenvalue weighted by Gasteiger charge is -2.34. The predicted molar refractivity (Wildman–Crippen MR) is 71.2 cm³/mol. The van der Waals surface area contributed by atoms with Gasteiger partial charge in [0.1, 0.15) is 18.2 Å². The van der Waals surface area contributed by atoms with Gasteiger partial charge >= 0.3 is 0 Å². The fourth-order valence-electron chi connectivity index (χ4n) is 2.35. The number of aromatic nitrogens is 2. The average Bonchev–Trinajstić information content (AvgIpc) is 2.34. The Morgan fingerprint density at radius 1 is 1.33 bits per heavy atom. The maximum absolute atomic E-state index is 5.98. The summed E-state index contributed by atoms with van der Waals surface area (Å²) in [6.45, 7) is 6.54. The largest absolute Gasteiger partial charge is 0.474 e. The molecule has 1 aliphatic carbocycles. The third-order valence-electron chi connectivity index (χ3n) is 3.74. The van der Waals surface area contributed by atoms with E-state index in [1.165, 1.54) is 19.2 Å². The highest BCUT2D eigenvalue weighted by Crippen LogP contribution is 2.36. The summed E-state index contributed by atoms with van der Waals surface area (Å²) in [5, 5.41) is 0. The van der Waals surface area contributed by atoms with E-state index in [4.69, 9.17) is 10.6 Å². The van der Waals surface area contributed by atoms with Crippen LogP contribution in [0.4, 0.5) is 5.82 Å². The third kappa shape index (κ3) is 2.90. The zero-order valence-electron chi connectivity index (χ0n) is 11.4. The van der Waals surface area contributed by atoms with Gasteiger partial charge in [-0.2, -0.15) is 0 Å². The van der Waals surface area contributed by atoms with Crippen LogP contribution in [0.5, 0.6) is 5.88 Å². The van der Waals surface area contributed by atoms with Gasteiger partial charge in [0.05, 0.1) is 5.56 Å². The van der Waals surface area contributed by atoms with Crippen LogP contribution in [0.15, 0.2) is 6.33 Å². The fourth-order valence-corrected chi connectivity index (χ4v) is 2.35. The molecule has 1 aliphatic rings. The van der Waals surface area contributed by atoms with Crippen molar-refractivity contribution < 1.29 is 4.74 Å². The van der Waals surface area contributed by atoms with E-state index in [0.29, 0.717) is 17.1 Å². The lowest BCUT2D eigenvalue weighted by molar-refractivity contribution is 0.0942. The number of anilines is 1. The number of ether oxygens (including phenoxy) is 1. The molecule has 0 radical (unpaired) electrons. The van der Waals surface area contributed by atoms with Crippen LogP contribution in [0.2, 0.25) is 0 Å². The fraction of sp³-hybridized carbons (Fsp3) is 0.692. The van der Waals surface area contributed by atoms with E-state index < -0.39 is 0 Å². The van der Waals surface area contributed by atoms with Crippen molar-refractivity contribution in [1.29, 1.82) is 0 Å². The normalized spacial score (nSPS) is 19.6. The Labute approximate surface area is 108 Å². The second kappa shape index (κ2) is 5.10. The lowest BCUT2D eigenvalue weighted by atomic mass is 9.76. The van der Waals surface area contributed by atoms with Crippen molar-refractivity contribution in [2.75, 3.05) is 5.43 Å². The Kier molecular flexibility index (Phi) is 3.71. The first-order valence-electron chi connectivity index (χ1n) is 6.47. The van der Waals surface area contributed by atoms with Crippen LogP contribution in [0.3, 0.4) is 0 Å². The highest BCUT2D eigenvalue weighted by Gasteiger charge is 2.28. The molecule has 3 N–H and O–H groups in total. The van der Waals surface area contributed by atoms with Crippen molar-refractivity contribution >= 4 is 5.82 Å². The number of nitrogen functional groups attached to an aromatic ring is 1. The van der Waals surface area contributed by atoms with Gasteiger partial charge in [0.25, 0.3) is 0 Å². The van der Waals surface area contributed by atoms with Crippen molar-refractivity contribution in [3.8, 4) is 5.88 Å². The van der Waals surface area contributed by atoms with Crippen molar-refractivity contribution in [1.82, 2.24) is 9.97 Å². The SMILES string of the molecule is Cc1c(NN)ncnc1OC1CCC(C)(C)CC1. The van der Waals surface area contributed by atoms with Crippen molar-refractivity contribution in [3.63, 3.8) is 0 Å². The molecule has 18 heavy (non-hydrogen) atoms. The van der Waals surface area contributed by atoms with Crippen LogP contribution in [0.1, 0.15) is 45.1 Å². The van der Waals surface area contributed by atoms with Crippen LogP contribution in [0, 0.1) is 12.3 Å². The van der Waals surface area contributed by atoms with Gasteiger partial charge in [-0.25, -0.2) is 15.8 Å². The maximum Gasteiger partial charge on any atom is 0.221 e. The number of nitrogens with one attached hydrogen (secondary N) is 1. The van der Waals surface area contributed by atoms with E-state index in [9.17, 15) is 0 Å². The molecule has 5 nitrogen and oxygen atoms in total. The molecule has 1 aromatic heterocycles. The molecule has 5 heteroatoms. The molecule has 2 rings (SSSR count). The molecule has 0 atom stereocenters. The van der Waals surface area contributed by atoms with Crippen LogP contribution >= 0.6 is 0 Å². The molecular weight excluding hydrogens is 228 g/mol. The summed E-state index contributed by atoms with van der Waals surface area (Å²) in [5.74, 6) is 6.66. The van der Waals surface area contributed by atoms with E-state index in [1.807, 2.05) is 6.92 Å². The summed E-state index contributed by atoms with van der Waals surface area (Å²) in [6, 6.07) is 0. The highest BCUT2D eigenvalue weighted by molar-refractivity contribution is 5.46. The minimum absolute atomic E-state index is 0.261. The summed E-state index contributed by atoms with van der Waals surface area (Å²) in [6.07, 6.45) is 6.30. The molecule has 0 bridgehead atoms. The molecular formula is C13H22N4O. The van der Waals surface area contributed by atoms with Gasteiger partial charge in [-0.3, -0.25) is 0 Å². The third-order valence-corrected chi connectivity index (χ3v) is 3.74. The van der Waals surface area contributed by atoms with Crippen molar-refractivity contribution in [2.24, 2.45) is 11.3 Å². The molecule has 1 aromatic rings. The summed E-state index contributed by atoms with van der Waals surface area (Å²) < 4.78 is 5.98. The van der Waals surface area contributed by atoms with Crippen molar-refractivity contribution in [3.05, 3.63) is 11.9 Å². The smallest absolute Gasteiger partial charge is 0.221 e. The Morgan fingerprint density at radius 2 is 2.00 bits per heavy atom. The van der Waals surface area contributed by atoms with Gasteiger partial charge in [0.15, 0.2) is 0 Å². The zero-order chi connectivity index (χ0) is 13.2.